The number of carbonyl (C=O) groups is 1. The molecule has 3 rings (SSSR count). The Bertz CT molecular complexity index is 840. The summed E-state index contributed by atoms with van der Waals surface area (Å²) in [6.45, 7) is 1.34. The zero-order valence-electron chi connectivity index (χ0n) is 13.4. The number of amides is 1. The quantitative estimate of drug-likeness (QED) is 0.615. The lowest BCUT2D eigenvalue weighted by molar-refractivity contribution is -0.384. The Hall–Kier alpha value is -2.80. The van der Waals surface area contributed by atoms with Crippen LogP contribution in [0.4, 0.5) is 5.69 Å². The summed E-state index contributed by atoms with van der Waals surface area (Å²) in [4.78, 5) is 24.2. The minimum atomic E-state index is -0.557. The summed E-state index contributed by atoms with van der Waals surface area (Å²) in [5, 5.41) is 10.8. The molecular weight excluding hydrogens is 348 g/mol. The van der Waals surface area contributed by atoms with Crippen molar-refractivity contribution in [2.45, 2.75) is 6.54 Å². The lowest BCUT2D eigenvalue weighted by atomic mass is 10.1. The van der Waals surface area contributed by atoms with Gasteiger partial charge in [0.2, 0.25) is 0 Å². The van der Waals surface area contributed by atoms with Crippen LogP contribution in [0.2, 0.25) is 5.02 Å². The molecule has 0 N–H and O–H groups in total. The number of nitro groups is 1. The molecule has 0 radical (unpaired) electrons. The van der Waals surface area contributed by atoms with E-state index in [9.17, 15) is 14.9 Å². The lowest BCUT2D eigenvalue weighted by Gasteiger charge is -2.21. The predicted octanol–water partition coefficient (Wildman–Crippen LogP) is 3.29. The molecule has 8 heteroatoms. The molecule has 0 bridgehead atoms. The van der Waals surface area contributed by atoms with Gasteiger partial charge in [0.05, 0.1) is 15.5 Å². The topological polar surface area (TPSA) is 81.9 Å². The largest absolute Gasteiger partial charge is 0.486 e. The zero-order chi connectivity index (χ0) is 18.0. The van der Waals surface area contributed by atoms with E-state index in [4.69, 9.17) is 21.1 Å². The fourth-order valence-corrected chi connectivity index (χ4v) is 2.78. The van der Waals surface area contributed by atoms with Crippen LogP contribution in [0.5, 0.6) is 11.5 Å². The van der Waals surface area contributed by atoms with Gasteiger partial charge in [-0.3, -0.25) is 14.9 Å². The summed E-state index contributed by atoms with van der Waals surface area (Å²) >= 11 is 6.02. The standard InChI is InChI=1S/C17H15ClN2O5/c1-19(10-11-2-5-15-16(8-11)25-7-6-24-15)17(21)13-4-3-12(20(22)23)9-14(13)18/h2-5,8-9H,6-7,10H2,1H3. The molecular formula is C17H15ClN2O5. The van der Waals surface area contributed by atoms with Crippen molar-refractivity contribution in [1.82, 2.24) is 4.90 Å². The van der Waals surface area contributed by atoms with Crippen LogP contribution in [-0.2, 0) is 6.54 Å². The third-order valence-corrected chi connectivity index (χ3v) is 4.08. The Balaban J connectivity index is 1.76. The molecule has 1 heterocycles. The molecule has 0 aliphatic carbocycles. The molecule has 25 heavy (non-hydrogen) atoms. The Morgan fingerprint density at radius 1 is 1.20 bits per heavy atom. The second kappa shape index (κ2) is 6.98. The first-order valence-electron chi connectivity index (χ1n) is 7.53. The molecule has 7 nitrogen and oxygen atoms in total. The van der Waals surface area contributed by atoms with E-state index in [1.165, 1.54) is 23.1 Å². The Labute approximate surface area is 148 Å². The molecule has 0 spiro atoms. The number of benzene rings is 2. The van der Waals surface area contributed by atoms with E-state index in [0.29, 0.717) is 31.3 Å². The summed E-state index contributed by atoms with van der Waals surface area (Å²) in [5.41, 5.74) is 0.932. The first kappa shape index (κ1) is 17.0. The third-order valence-electron chi connectivity index (χ3n) is 3.77. The van der Waals surface area contributed by atoms with Crippen molar-refractivity contribution < 1.29 is 19.2 Å². The maximum Gasteiger partial charge on any atom is 0.270 e. The molecule has 2 aromatic carbocycles. The van der Waals surface area contributed by atoms with E-state index in [2.05, 4.69) is 0 Å². The van der Waals surface area contributed by atoms with E-state index < -0.39 is 4.92 Å². The molecule has 130 valence electrons. The number of halogens is 1. The maximum atomic E-state index is 12.6. The van der Waals surface area contributed by atoms with Crippen LogP contribution in [0.1, 0.15) is 15.9 Å². The molecule has 0 saturated carbocycles. The van der Waals surface area contributed by atoms with Gasteiger partial charge in [0.15, 0.2) is 11.5 Å². The van der Waals surface area contributed by atoms with Crippen LogP contribution in [0.15, 0.2) is 36.4 Å². The van der Waals surface area contributed by atoms with Gasteiger partial charge < -0.3 is 14.4 Å². The van der Waals surface area contributed by atoms with Crippen molar-refractivity contribution >= 4 is 23.2 Å². The molecule has 0 aromatic heterocycles. The Kier molecular flexibility index (Phi) is 4.76. The summed E-state index contributed by atoms with van der Waals surface area (Å²) in [6.07, 6.45) is 0. The fourth-order valence-electron chi connectivity index (χ4n) is 2.53. The first-order chi connectivity index (χ1) is 12.0. The average Bonchev–Trinajstić information content (AvgIpc) is 2.60. The molecule has 1 aliphatic rings. The number of fused-ring (bicyclic) bond motifs is 1. The summed E-state index contributed by atoms with van der Waals surface area (Å²) < 4.78 is 11.0. The van der Waals surface area contributed by atoms with E-state index in [0.717, 1.165) is 5.56 Å². The van der Waals surface area contributed by atoms with Gasteiger partial charge in [-0.25, -0.2) is 0 Å². The molecule has 1 amide bonds. The fraction of sp³-hybridized carbons (Fsp3) is 0.235. The van der Waals surface area contributed by atoms with Gasteiger partial charge >= 0.3 is 0 Å². The van der Waals surface area contributed by atoms with Crippen LogP contribution < -0.4 is 9.47 Å². The van der Waals surface area contributed by atoms with Crippen molar-refractivity contribution in [3.05, 3.63) is 62.7 Å². The zero-order valence-corrected chi connectivity index (χ0v) is 14.2. The van der Waals surface area contributed by atoms with Crippen molar-refractivity contribution in [3.8, 4) is 11.5 Å². The predicted molar refractivity (Wildman–Crippen MR) is 91.3 cm³/mol. The number of ether oxygens (including phenoxy) is 2. The minimum Gasteiger partial charge on any atom is -0.486 e. The van der Waals surface area contributed by atoms with Gasteiger partial charge in [-0.05, 0) is 23.8 Å². The number of rotatable bonds is 4. The van der Waals surface area contributed by atoms with Crippen LogP contribution in [0.25, 0.3) is 0 Å². The highest BCUT2D eigenvalue weighted by Crippen LogP contribution is 2.31. The van der Waals surface area contributed by atoms with Crippen LogP contribution in [0, 0.1) is 10.1 Å². The number of nitrogens with zero attached hydrogens (tertiary/aromatic N) is 2. The normalized spacial score (nSPS) is 12.6. The van der Waals surface area contributed by atoms with Crippen LogP contribution >= 0.6 is 11.6 Å². The number of hydrogen-bond acceptors (Lipinski definition) is 5. The average molecular weight is 363 g/mol. The SMILES string of the molecule is CN(Cc1ccc2c(c1)OCCO2)C(=O)c1ccc([N+](=O)[O-])cc1Cl. The van der Waals surface area contributed by atoms with E-state index >= 15 is 0 Å². The smallest absolute Gasteiger partial charge is 0.270 e. The second-order valence-corrected chi connectivity index (χ2v) is 5.97. The van der Waals surface area contributed by atoms with Gasteiger partial charge in [-0.1, -0.05) is 17.7 Å². The third kappa shape index (κ3) is 3.66. The second-order valence-electron chi connectivity index (χ2n) is 5.56. The lowest BCUT2D eigenvalue weighted by Crippen LogP contribution is -2.26. The summed E-state index contributed by atoms with van der Waals surface area (Å²) in [5.74, 6) is 1.01. The molecule has 0 saturated heterocycles. The van der Waals surface area contributed by atoms with E-state index in [1.807, 2.05) is 12.1 Å². The maximum absolute atomic E-state index is 12.6. The van der Waals surface area contributed by atoms with Crippen molar-refractivity contribution in [2.24, 2.45) is 0 Å². The van der Waals surface area contributed by atoms with E-state index in [1.54, 1.807) is 13.1 Å². The summed E-state index contributed by atoms with van der Waals surface area (Å²) in [6, 6.07) is 9.29. The molecule has 1 aliphatic heterocycles. The van der Waals surface area contributed by atoms with Crippen LogP contribution in [0.3, 0.4) is 0 Å². The highest BCUT2D eigenvalue weighted by Gasteiger charge is 2.19. The number of nitro benzene ring substituents is 1. The van der Waals surface area contributed by atoms with Gasteiger partial charge in [0, 0.05) is 25.7 Å². The van der Waals surface area contributed by atoms with Crippen molar-refractivity contribution in [3.63, 3.8) is 0 Å². The van der Waals surface area contributed by atoms with Crippen molar-refractivity contribution in [2.75, 3.05) is 20.3 Å². The number of carbonyl (C=O) groups excluding carboxylic acids is 1. The van der Waals surface area contributed by atoms with Gasteiger partial charge in [-0.2, -0.15) is 0 Å². The number of hydrogen-bond donors (Lipinski definition) is 0. The Morgan fingerprint density at radius 2 is 1.92 bits per heavy atom. The van der Waals surface area contributed by atoms with Crippen molar-refractivity contribution in [1.29, 1.82) is 0 Å². The monoisotopic (exact) mass is 362 g/mol. The van der Waals surface area contributed by atoms with Gasteiger partial charge in [0.25, 0.3) is 11.6 Å². The van der Waals surface area contributed by atoms with Crippen LogP contribution in [-0.4, -0.2) is 36.0 Å². The highest BCUT2D eigenvalue weighted by atomic mass is 35.5. The highest BCUT2D eigenvalue weighted by molar-refractivity contribution is 6.34. The molecule has 0 unspecified atom stereocenters. The van der Waals surface area contributed by atoms with E-state index in [-0.39, 0.29) is 22.2 Å². The summed E-state index contributed by atoms with van der Waals surface area (Å²) in [7, 11) is 1.64. The molecule has 0 fully saturated rings. The Morgan fingerprint density at radius 3 is 2.60 bits per heavy atom. The molecule has 2 aromatic rings. The minimum absolute atomic E-state index is 0.0493. The molecule has 0 atom stereocenters. The first-order valence-corrected chi connectivity index (χ1v) is 7.91. The van der Waals surface area contributed by atoms with Gasteiger partial charge in [0.1, 0.15) is 13.2 Å². The number of non-ortho nitro benzene ring substituents is 1. The van der Waals surface area contributed by atoms with Gasteiger partial charge in [-0.15, -0.1) is 0 Å².